The highest BCUT2D eigenvalue weighted by atomic mass is 35.5. The molecule has 1 atom stereocenters. The highest BCUT2D eigenvalue weighted by Gasteiger charge is 2.14. The number of aliphatic hydroxyl groups excluding tert-OH is 1. The average molecular weight is 283 g/mol. The van der Waals surface area contributed by atoms with E-state index in [2.05, 4.69) is 0 Å². The van der Waals surface area contributed by atoms with Gasteiger partial charge in [-0.2, -0.15) is 0 Å². The molecule has 0 aromatic heterocycles. The van der Waals surface area contributed by atoms with Crippen LogP contribution >= 0.6 is 34.8 Å². The third-order valence-electron chi connectivity index (χ3n) is 2.25. The van der Waals surface area contributed by atoms with E-state index < -0.39 is 0 Å². The van der Waals surface area contributed by atoms with Crippen molar-refractivity contribution < 1.29 is 5.11 Å². The van der Waals surface area contributed by atoms with Crippen LogP contribution in [0.25, 0.3) is 0 Å². The number of halogens is 3. The van der Waals surface area contributed by atoms with Gasteiger partial charge in [0.2, 0.25) is 0 Å². The second-order valence-corrected chi connectivity index (χ2v) is 4.99. The van der Waals surface area contributed by atoms with E-state index in [9.17, 15) is 0 Å². The minimum atomic E-state index is -0.207. The molecule has 0 aliphatic carbocycles. The van der Waals surface area contributed by atoms with Gasteiger partial charge in [0.15, 0.2) is 0 Å². The van der Waals surface area contributed by atoms with Crippen LogP contribution in [0.4, 0.5) is 0 Å². The maximum Gasteiger partial charge on any atom is 0.0726 e. The zero-order valence-corrected chi connectivity index (χ0v) is 11.2. The normalized spacial score (nSPS) is 13.1. The summed E-state index contributed by atoms with van der Waals surface area (Å²) in [5.74, 6) is 0. The van der Waals surface area contributed by atoms with E-state index in [4.69, 9.17) is 39.9 Å². The Morgan fingerprint density at radius 3 is 2.62 bits per heavy atom. The summed E-state index contributed by atoms with van der Waals surface area (Å²) in [7, 11) is 1.90. The molecule has 1 unspecified atom stereocenters. The van der Waals surface area contributed by atoms with E-state index in [1.54, 1.807) is 12.1 Å². The molecule has 0 heterocycles. The first-order chi connectivity index (χ1) is 7.54. The molecule has 1 N–H and O–H groups in total. The molecule has 5 heteroatoms. The Hall–Kier alpha value is 0.01000. The maximum atomic E-state index is 8.78. The van der Waals surface area contributed by atoms with Crippen LogP contribution in [0.15, 0.2) is 18.2 Å². The summed E-state index contributed by atoms with van der Waals surface area (Å²) in [6.07, 6.45) is 0. The van der Waals surface area contributed by atoms with Crippen LogP contribution < -0.4 is 0 Å². The molecule has 1 aromatic rings. The van der Waals surface area contributed by atoms with E-state index in [-0.39, 0.29) is 12.0 Å². The van der Waals surface area contributed by atoms with Gasteiger partial charge in [-0.25, -0.2) is 0 Å². The maximum absolute atomic E-state index is 8.78. The lowest BCUT2D eigenvalue weighted by Crippen LogP contribution is -2.25. The monoisotopic (exact) mass is 281 g/mol. The van der Waals surface area contributed by atoms with Crippen LogP contribution in [-0.4, -0.2) is 36.8 Å². The van der Waals surface area contributed by atoms with Crippen molar-refractivity contribution in [1.82, 2.24) is 4.90 Å². The molecule has 0 saturated heterocycles. The summed E-state index contributed by atoms with van der Waals surface area (Å²) in [6, 6.07) is 5.28. The summed E-state index contributed by atoms with van der Waals surface area (Å²) in [6.45, 7) is 1.34. The zero-order chi connectivity index (χ0) is 12.1. The van der Waals surface area contributed by atoms with Gasteiger partial charge in [0.25, 0.3) is 0 Å². The Bertz CT molecular complexity index is 346. The van der Waals surface area contributed by atoms with Gasteiger partial charge in [0.05, 0.1) is 12.0 Å². The molecule has 90 valence electrons. The van der Waals surface area contributed by atoms with Gasteiger partial charge >= 0.3 is 0 Å². The smallest absolute Gasteiger partial charge is 0.0726 e. The number of nitrogens with zero attached hydrogens (tertiary/aromatic N) is 1. The molecule has 1 aromatic carbocycles. The second-order valence-electron chi connectivity index (χ2n) is 3.62. The van der Waals surface area contributed by atoms with Crippen LogP contribution in [0.3, 0.4) is 0 Å². The second kappa shape index (κ2) is 6.67. The van der Waals surface area contributed by atoms with E-state index >= 15 is 0 Å². The Balaban J connectivity index is 2.69. The number of benzene rings is 1. The van der Waals surface area contributed by atoms with Crippen molar-refractivity contribution in [2.75, 3.05) is 26.7 Å². The molecule has 0 radical (unpaired) electrons. The van der Waals surface area contributed by atoms with Crippen LogP contribution in [0.1, 0.15) is 10.9 Å². The van der Waals surface area contributed by atoms with Gasteiger partial charge in [-0.05, 0) is 24.7 Å². The van der Waals surface area contributed by atoms with Crippen molar-refractivity contribution in [3.8, 4) is 0 Å². The summed E-state index contributed by atoms with van der Waals surface area (Å²) in [5.41, 5.74) is 0.859. The quantitative estimate of drug-likeness (QED) is 0.839. The highest BCUT2D eigenvalue weighted by Crippen LogP contribution is 2.30. The molecule has 0 spiro atoms. The molecule has 0 bridgehead atoms. The van der Waals surface area contributed by atoms with E-state index in [0.29, 0.717) is 23.1 Å². The van der Waals surface area contributed by atoms with Crippen LogP contribution in [-0.2, 0) is 0 Å². The molecule has 0 aliphatic heterocycles. The summed E-state index contributed by atoms with van der Waals surface area (Å²) in [5, 5.41) is 9.75. The number of hydrogen-bond acceptors (Lipinski definition) is 2. The molecular formula is C11H14Cl3NO. The summed E-state index contributed by atoms with van der Waals surface area (Å²) < 4.78 is 0. The van der Waals surface area contributed by atoms with Crippen molar-refractivity contribution >= 4 is 34.8 Å². The first kappa shape index (κ1) is 14.1. The van der Waals surface area contributed by atoms with Gasteiger partial charge in [0.1, 0.15) is 0 Å². The van der Waals surface area contributed by atoms with Crippen LogP contribution in [0.5, 0.6) is 0 Å². The first-order valence-electron chi connectivity index (χ1n) is 4.93. The molecule has 0 saturated carbocycles. The average Bonchev–Trinajstić information content (AvgIpc) is 2.17. The highest BCUT2D eigenvalue weighted by molar-refractivity contribution is 6.35. The Morgan fingerprint density at radius 2 is 2.06 bits per heavy atom. The lowest BCUT2D eigenvalue weighted by Gasteiger charge is -2.19. The van der Waals surface area contributed by atoms with Crippen LogP contribution in [0.2, 0.25) is 10.0 Å². The molecule has 0 amide bonds. The predicted octanol–water partition coefficient (Wildman–Crippen LogP) is 3.20. The fourth-order valence-electron chi connectivity index (χ4n) is 1.39. The van der Waals surface area contributed by atoms with E-state index in [1.165, 1.54) is 0 Å². The van der Waals surface area contributed by atoms with Crippen molar-refractivity contribution in [2.45, 2.75) is 5.38 Å². The molecule has 2 nitrogen and oxygen atoms in total. The number of hydrogen-bond donors (Lipinski definition) is 1. The largest absolute Gasteiger partial charge is 0.395 e. The Labute approximate surface area is 111 Å². The predicted molar refractivity (Wildman–Crippen MR) is 69.6 cm³/mol. The van der Waals surface area contributed by atoms with Crippen molar-refractivity contribution in [1.29, 1.82) is 0 Å². The summed E-state index contributed by atoms with van der Waals surface area (Å²) in [4.78, 5) is 1.95. The standard InChI is InChI=1S/C11H14Cl3NO/c1-15(4-5-16)7-11(14)9-3-2-8(12)6-10(9)13/h2-3,6,11,16H,4-5,7H2,1H3. The van der Waals surface area contributed by atoms with Crippen molar-refractivity contribution in [2.24, 2.45) is 0 Å². The number of likely N-dealkylation sites (N-methyl/N-ethyl adjacent to an activating group) is 1. The topological polar surface area (TPSA) is 23.5 Å². The van der Waals surface area contributed by atoms with Gasteiger partial charge in [0, 0.05) is 23.1 Å². The number of aliphatic hydroxyl groups is 1. The minimum absolute atomic E-state index is 0.120. The van der Waals surface area contributed by atoms with Gasteiger partial charge in [-0.1, -0.05) is 29.3 Å². The molecule has 0 fully saturated rings. The molecule has 0 aliphatic rings. The third-order valence-corrected chi connectivity index (χ3v) is 3.19. The minimum Gasteiger partial charge on any atom is -0.395 e. The zero-order valence-electron chi connectivity index (χ0n) is 8.96. The van der Waals surface area contributed by atoms with Gasteiger partial charge in [-0.3, -0.25) is 0 Å². The molecular weight excluding hydrogens is 268 g/mol. The first-order valence-corrected chi connectivity index (χ1v) is 6.12. The van der Waals surface area contributed by atoms with Crippen molar-refractivity contribution in [3.05, 3.63) is 33.8 Å². The fourth-order valence-corrected chi connectivity index (χ4v) is 2.41. The SMILES string of the molecule is CN(CCO)CC(Cl)c1ccc(Cl)cc1Cl. The molecule has 1 rings (SSSR count). The number of alkyl halides is 1. The van der Waals surface area contributed by atoms with Crippen LogP contribution in [0, 0.1) is 0 Å². The Morgan fingerprint density at radius 1 is 1.38 bits per heavy atom. The lowest BCUT2D eigenvalue weighted by atomic mass is 10.1. The Kier molecular flexibility index (Phi) is 5.87. The molecule has 16 heavy (non-hydrogen) atoms. The van der Waals surface area contributed by atoms with E-state index in [1.807, 2.05) is 18.0 Å². The van der Waals surface area contributed by atoms with Gasteiger partial charge in [-0.15, -0.1) is 11.6 Å². The third kappa shape index (κ3) is 4.11. The lowest BCUT2D eigenvalue weighted by molar-refractivity contribution is 0.221. The number of rotatable bonds is 5. The fraction of sp³-hybridized carbons (Fsp3) is 0.455. The van der Waals surface area contributed by atoms with Gasteiger partial charge < -0.3 is 10.0 Å². The summed E-state index contributed by atoms with van der Waals surface area (Å²) >= 11 is 18.1. The van der Waals surface area contributed by atoms with E-state index in [0.717, 1.165) is 5.56 Å². The van der Waals surface area contributed by atoms with Crippen molar-refractivity contribution in [3.63, 3.8) is 0 Å².